The van der Waals surface area contributed by atoms with Crippen LogP contribution in [0.15, 0.2) is 12.1 Å². The molecule has 1 N–H and O–H groups in total. The first-order valence-electron chi connectivity index (χ1n) is 6.86. The third-order valence-corrected chi connectivity index (χ3v) is 4.15. The Morgan fingerprint density at radius 2 is 1.86 bits per heavy atom. The van der Waals surface area contributed by atoms with Gasteiger partial charge in [-0.3, -0.25) is 4.79 Å². The zero-order chi connectivity index (χ0) is 15.5. The second-order valence-electron chi connectivity index (χ2n) is 5.31. The molecule has 1 aromatic rings. The molecule has 1 aromatic carbocycles. The Labute approximate surface area is 126 Å². The van der Waals surface area contributed by atoms with Crippen LogP contribution in [0.1, 0.15) is 38.5 Å². The zero-order valence-electron chi connectivity index (χ0n) is 11.4. The number of halogens is 3. The van der Waals surface area contributed by atoms with E-state index in [4.69, 9.17) is 11.6 Å². The molecule has 0 unspecified atom stereocenters. The van der Waals surface area contributed by atoms with Gasteiger partial charge in [0.25, 0.3) is 0 Å². The van der Waals surface area contributed by atoms with Crippen molar-refractivity contribution in [1.82, 2.24) is 0 Å². The maximum atomic E-state index is 13.7. The second-order valence-corrected chi connectivity index (χ2v) is 5.71. The highest BCUT2D eigenvalue weighted by Gasteiger charge is 2.39. The lowest BCUT2D eigenvalue weighted by molar-refractivity contribution is -0.123. The summed E-state index contributed by atoms with van der Waals surface area (Å²) in [5.74, 6) is -2.34. The highest BCUT2D eigenvalue weighted by molar-refractivity contribution is 6.33. The minimum absolute atomic E-state index is 0.220. The van der Waals surface area contributed by atoms with Crippen LogP contribution in [0, 0.1) is 28.4 Å². The number of carbonyl (C=O) groups excluding carboxylic acids is 1. The van der Waals surface area contributed by atoms with E-state index in [9.17, 15) is 18.8 Å². The predicted octanol–water partition coefficient (Wildman–Crippen LogP) is 4.42. The molecular weight excluding hydrogens is 298 g/mol. The summed E-state index contributed by atoms with van der Waals surface area (Å²) < 4.78 is 26.7. The van der Waals surface area contributed by atoms with Gasteiger partial charge < -0.3 is 5.32 Å². The van der Waals surface area contributed by atoms with Gasteiger partial charge in [0.05, 0.1) is 16.8 Å². The Bertz CT molecular complexity index is 567. The molecule has 2 rings (SSSR count). The Morgan fingerprint density at radius 1 is 1.24 bits per heavy atom. The fourth-order valence-electron chi connectivity index (χ4n) is 2.62. The molecule has 0 aliphatic heterocycles. The van der Waals surface area contributed by atoms with Gasteiger partial charge in [-0.15, -0.1) is 0 Å². The molecule has 1 saturated carbocycles. The number of amides is 1. The van der Waals surface area contributed by atoms with Crippen LogP contribution in [0.5, 0.6) is 0 Å². The van der Waals surface area contributed by atoms with Gasteiger partial charge in [0.1, 0.15) is 11.2 Å². The smallest absolute Gasteiger partial charge is 0.244 e. The molecule has 0 heterocycles. The van der Waals surface area contributed by atoms with E-state index in [-0.39, 0.29) is 10.7 Å². The summed E-state index contributed by atoms with van der Waals surface area (Å²) in [5, 5.41) is 11.5. The number of anilines is 1. The molecule has 1 amide bonds. The van der Waals surface area contributed by atoms with Crippen LogP contribution in [-0.2, 0) is 4.79 Å². The first kappa shape index (κ1) is 15.7. The molecule has 1 fully saturated rings. The zero-order valence-corrected chi connectivity index (χ0v) is 12.1. The molecule has 0 spiro atoms. The van der Waals surface area contributed by atoms with Crippen LogP contribution in [0.2, 0.25) is 5.02 Å². The van der Waals surface area contributed by atoms with Gasteiger partial charge >= 0.3 is 0 Å². The van der Waals surface area contributed by atoms with Crippen molar-refractivity contribution in [3.05, 3.63) is 28.8 Å². The van der Waals surface area contributed by atoms with E-state index in [1.807, 2.05) is 0 Å². The molecule has 1 aliphatic rings. The summed E-state index contributed by atoms with van der Waals surface area (Å²) in [6.45, 7) is 0. The van der Waals surface area contributed by atoms with Crippen molar-refractivity contribution < 1.29 is 13.6 Å². The summed E-state index contributed by atoms with van der Waals surface area (Å²) in [5.41, 5.74) is -1.44. The van der Waals surface area contributed by atoms with Crippen molar-refractivity contribution in [1.29, 1.82) is 5.26 Å². The number of benzene rings is 1. The van der Waals surface area contributed by atoms with Crippen molar-refractivity contribution in [3.8, 4) is 6.07 Å². The SMILES string of the molecule is N#CC1(C(=O)Nc2c(F)cc(F)cc2Cl)CCCCCC1. The summed E-state index contributed by atoms with van der Waals surface area (Å²) >= 11 is 5.76. The topological polar surface area (TPSA) is 52.9 Å². The van der Waals surface area contributed by atoms with Gasteiger partial charge in [-0.05, 0) is 18.9 Å². The molecule has 1 aliphatic carbocycles. The Balaban J connectivity index is 2.26. The van der Waals surface area contributed by atoms with E-state index in [2.05, 4.69) is 11.4 Å². The molecule has 21 heavy (non-hydrogen) atoms. The van der Waals surface area contributed by atoms with Crippen LogP contribution < -0.4 is 5.32 Å². The monoisotopic (exact) mass is 312 g/mol. The normalized spacial score (nSPS) is 17.6. The van der Waals surface area contributed by atoms with Gasteiger partial charge in [-0.1, -0.05) is 37.3 Å². The number of rotatable bonds is 2. The van der Waals surface area contributed by atoms with E-state index in [0.717, 1.165) is 31.7 Å². The molecule has 112 valence electrons. The van der Waals surface area contributed by atoms with Crippen LogP contribution in [-0.4, -0.2) is 5.91 Å². The van der Waals surface area contributed by atoms with E-state index in [0.29, 0.717) is 18.9 Å². The third-order valence-electron chi connectivity index (χ3n) is 3.85. The number of nitrogens with one attached hydrogen (secondary N) is 1. The lowest BCUT2D eigenvalue weighted by atomic mass is 9.81. The van der Waals surface area contributed by atoms with Crippen LogP contribution in [0.25, 0.3) is 0 Å². The highest BCUT2D eigenvalue weighted by Crippen LogP contribution is 2.37. The first-order chi connectivity index (χ1) is 9.98. The standard InChI is InChI=1S/C15H15ClF2N2O/c16-11-7-10(17)8-12(18)13(11)20-14(21)15(9-19)5-3-1-2-4-6-15/h7-8H,1-6H2,(H,20,21). The second kappa shape index (κ2) is 6.40. The fourth-order valence-corrected chi connectivity index (χ4v) is 2.86. The van der Waals surface area contributed by atoms with Crippen molar-refractivity contribution in [2.75, 3.05) is 5.32 Å². The van der Waals surface area contributed by atoms with E-state index in [1.54, 1.807) is 0 Å². The van der Waals surface area contributed by atoms with Crippen LogP contribution >= 0.6 is 11.6 Å². The Kier molecular flexibility index (Phi) is 4.79. The Hall–Kier alpha value is -1.67. The quantitative estimate of drug-likeness (QED) is 0.822. The van der Waals surface area contributed by atoms with Crippen molar-refractivity contribution in [3.63, 3.8) is 0 Å². The van der Waals surface area contributed by atoms with Gasteiger partial charge in [-0.2, -0.15) is 5.26 Å². The summed E-state index contributed by atoms with van der Waals surface area (Å²) in [6.07, 6.45) is 4.39. The minimum atomic E-state index is -1.17. The number of hydrogen-bond donors (Lipinski definition) is 1. The number of hydrogen-bond acceptors (Lipinski definition) is 2. The highest BCUT2D eigenvalue weighted by atomic mass is 35.5. The van der Waals surface area contributed by atoms with Crippen molar-refractivity contribution in [2.45, 2.75) is 38.5 Å². The van der Waals surface area contributed by atoms with Crippen molar-refractivity contribution in [2.24, 2.45) is 5.41 Å². The predicted molar refractivity (Wildman–Crippen MR) is 75.7 cm³/mol. The average Bonchev–Trinajstić information content (AvgIpc) is 2.68. The number of carbonyl (C=O) groups is 1. The number of nitrogens with zero attached hydrogens (tertiary/aromatic N) is 1. The fraction of sp³-hybridized carbons (Fsp3) is 0.467. The van der Waals surface area contributed by atoms with E-state index in [1.165, 1.54) is 0 Å². The minimum Gasteiger partial charge on any atom is -0.321 e. The van der Waals surface area contributed by atoms with E-state index >= 15 is 0 Å². The molecule has 0 radical (unpaired) electrons. The molecule has 0 atom stereocenters. The molecule has 0 saturated heterocycles. The van der Waals surface area contributed by atoms with Gasteiger partial charge in [0.2, 0.25) is 5.91 Å². The van der Waals surface area contributed by atoms with Gasteiger partial charge in [0, 0.05) is 6.07 Å². The summed E-state index contributed by atoms with van der Waals surface area (Å²) in [6, 6.07) is 3.65. The first-order valence-corrected chi connectivity index (χ1v) is 7.23. The largest absolute Gasteiger partial charge is 0.321 e. The lowest BCUT2D eigenvalue weighted by Gasteiger charge is -2.24. The summed E-state index contributed by atoms with van der Waals surface area (Å²) in [4.78, 5) is 12.4. The third kappa shape index (κ3) is 3.33. The van der Waals surface area contributed by atoms with Gasteiger partial charge in [-0.25, -0.2) is 8.78 Å². The Morgan fingerprint density at radius 3 is 2.38 bits per heavy atom. The summed E-state index contributed by atoms with van der Waals surface area (Å²) in [7, 11) is 0. The lowest BCUT2D eigenvalue weighted by Crippen LogP contribution is -2.35. The maximum Gasteiger partial charge on any atom is 0.244 e. The van der Waals surface area contributed by atoms with E-state index < -0.39 is 23.0 Å². The molecule has 0 bridgehead atoms. The molecule has 0 aromatic heterocycles. The molecule has 3 nitrogen and oxygen atoms in total. The van der Waals surface area contributed by atoms with Crippen LogP contribution in [0.3, 0.4) is 0 Å². The van der Waals surface area contributed by atoms with Crippen LogP contribution in [0.4, 0.5) is 14.5 Å². The number of nitriles is 1. The molecule has 6 heteroatoms. The maximum absolute atomic E-state index is 13.7. The van der Waals surface area contributed by atoms with Crippen molar-refractivity contribution >= 4 is 23.2 Å². The van der Waals surface area contributed by atoms with Gasteiger partial charge in [0.15, 0.2) is 5.82 Å². The average molecular weight is 313 g/mol. The molecular formula is C15H15ClF2N2O.